The standard InChI is InChI=1S/C24H23ClN2O5S/c1-16(17-7-11-19(31-2)12-8-17)26-24(28)23-15-27(21-5-3-4-6-22(21)32-23)33(29,30)20-13-9-18(25)10-14-20/h3-14,16,23H,15H2,1-2H3,(H,26,28)/t16-,23-/m0/s1. The summed E-state index contributed by atoms with van der Waals surface area (Å²) in [5.41, 5.74) is 1.26. The predicted molar refractivity (Wildman–Crippen MR) is 126 cm³/mol. The van der Waals surface area contributed by atoms with Gasteiger partial charge in [-0.3, -0.25) is 9.10 Å². The van der Waals surface area contributed by atoms with Crippen molar-refractivity contribution in [3.63, 3.8) is 0 Å². The summed E-state index contributed by atoms with van der Waals surface area (Å²) in [4.78, 5) is 13.1. The number of fused-ring (bicyclic) bond motifs is 1. The lowest BCUT2D eigenvalue weighted by atomic mass is 10.1. The number of sulfonamides is 1. The van der Waals surface area contributed by atoms with Crippen molar-refractivity contribution in [3.05, 3.63) is 83.4 Å². The van der Waals surface area contributed by atoms with Crippen LogP contribution in [0.5, 0.6) is 11.5 Å². The van der Waals surface area contributed by atoms with Gasteiger partial charge in [0, 0.05) is 5.02 Å². The van der Waals surface area contributed by atoms with E-state index in [9.17, 15) is 13.2 Å². The SMILES string of the molecule is COc1ccc([C@H](C)NC(=O)[C@@H]2CN(S(=O)(=O)c3ccc(Cl)cc3)c3ccccc3O2)cc1. The maximum absolute atomic E-state index is 13.4. The number of ether oxygens (including phenoxy) is 2. The minimum absolute atomic E-state index is 0.0781. The van der Waals surface area contributed by atoms with Crippen LogP contribution in [0.2, 0.25) is 5.02 Å². The van der Waals surface area contributed by atoms with Gasteiger partial charge in [-0.15, -0.1) is 0 Å². The number of halogens is 1. The Balaban J connectivity index is 1.59. The third-order valence-electron chi connectivity index (χ3n) is 5.40. The Labute approximate surface area is 197 Å². The lowest BCUT2D eigenvalue weighted by Gasteiger charge is -2.35. The number of benzene rings is 3. The average Bonchev–Trinajstić information content (AvgIpc) is 2.83. The van der Waals surface area contributed by atoms with Crippen LogP contribution in [0, 0.1) is 0 Å². The van der Waals surface area contributed by atoms with Gasteiger partial charge < -0.3 is 14.8 Å². The van der Waals surface area contributed by atoms with Gasteiger partial charge in [-0.05, 0) is 61.0 Å². The van der Waals surface area contributed by atoms with E-state index in [2.05, 4.69) is 5.32 Å². The third-order valence-corrected chi connectivity index (χ3v) is 7.45. The highest BCUT2D eigenvalue weighted by atomic mass is 35.5. The number of carbonyl (C=O) groups excluding carboxylic acids is 1. The second-order valence-electron chi connectivity index (χ2n) is 7.57. The number of hydrogen-bond donors (Lipinski definition) is 1. The van der Waals surface area contributed by atoms with Crippen LogP contribution in [0.15, 0.2) is 77.7 Å². The van der Waals surface area contributed by atoms with Gasteiger partial charge in [0.1, 0.15) is 11.5 Å². The normalized spacial score (nSPS) is 16.3. The lowest BCUT2D eigenvalue weighted by Crippen LogP contribution is -2.51. The summed E-state index contributed by atoms with van der Waals surface area (Å²) in [6, 6.07) is 19.7. The molecule has 0 saturated carbocycles. The van der Waals surface area contributed by atoms with Crippen molar-refractivity contribution >= 4 is 33.2 Å². The number of anilines is 1. The summed E-state index contributed by atoms with van der Waals surface area (Å²) in [5, 5.41) is 3.34. The van der Waals surface area contributed by atoms with Crippen LogP contribution in [0.1, 0.15) is 18.5 Å². The van der Waals surface area contributed by atoms with E-state index in [-0.39, 0.29) is 17.5 Å². The van der Waals surface area contributed by atoms with Crippen molar-refractivity contribution in [1.82, 2.24) is 5.32 Å². The minimum atomic E-state index is -3.95. The molecule has 3 aromatic rings. The number of carbonyl (C=O) groups is 1. The van der Waals surface area contributed by atoms with Crippen molar-refractivity contribution in [2.75, 3.05) is 18.0 Å². The first-order valence-corrected chi connectivity index (χ1v) is 12.1. The highest BCUT2D eigenvalue weighted by Gasteiger charge is 2.37. The predicted octanol–water partition coefficient (Wildman–Crippen LogP) is 4.18. The largest absolute Gasteiger partial charge is 0.497 e. The molecule has 3 aromatic carbocycles. The summed E-state index contributed by atoms with van der Waals surface area (Å²) < 4.78 is 39.1. The number of para-hydroxylation sites is 2. The van der Waals surface area contributed by atoms with Gasteiger partial charge in [0.15, 0.2) is 6.10 Å². The Kier molecular flexibility index (Phi) is 6.49. The van der Waals surface area contributed by atoms with Gasteiger partial charge in [0.2, 0.25) is 0 Å². The topological polar surface area (TPSA) is 84.9 Å². The second kappa shape index (κ2) is 9.33. The van der Waals surface area contributed by atoms with Gasteiger partial charge in [-0.1, -0.05) is 35.9 Å². The first kappa shape index (κ1) is 22.9. The monoisotopic (exact) mass is 486 g/mol. The van der Waals surface area contributed by atoms with E-state index < -0.39 is 22.0 Å². The Bertz CT molecular complexity index is 1250. The molecule has 0 bridgehead atoms. The van der Waals surface area contributed by atoms with Gasteiger partial charge in [0.05, 0.1) is 30.3 Å². The molecule has 1 aliphatic heterocycles. The summed E-state index contributed by atoms with van der Waals surface area (Å²) >= 11 is 5.92. The molecule has 0 aliphatic carbocycles. The van der Waals surface area contributed by atoms with Crippen LogP contribution in [-0.4, -0.2) is 34.1 Å². The minimum Gasteiger partial charge on any atom is -0.497 e. The van der Waals surface area contributed by atoms with Crippen molar-refractivity contribution in [2.45, 2.75) is 24.0 Å². The molecule has 1 aliphatic rings. The van der Waals surface area contributed by atoms with Gasteiger partial charge in [-0.25, -0.2) is 8.42 Å². The molecule has 33 heavy (non-hydrogen) atoms. The highest BCUT2D eigenvalue weighted by molar-refractivity contribution is 7.92. The van der Waals surface area contributed by atoms with E-state index in [0.717, 1.165) is 5.56 Å². The van der Waals surface area contributed by atoms with Crippen LogP contribution in [-0.2, 0) is 14.8 Å². The molecule has 172 valence electrons. The van der Waals surface area contributed by atoms with Crippen LogP contribution >= 0.6 is 11.6 Å². The zero-order valence-corrected chi connectivity index (χ0v) is 19.6. The molecule has 9 heteroatoms. The fourth-order valence-electron chi connectivity index (χ4n) is 3.58. The molecular formula is C24H23ClN2O5S. The van der Waals surface area contributed by atoms with Gasteiger partial charge in [0.25, 0.3) is 15.9 Å². The summed E-state index contributed by atoms with van der Waals surface area (Å²) in [6.45, 7) is 1.68. The Morgan fingerprint density at radius 1 is 1.09 bits per heavy atom. The van der Waals surface area contributed by atoms with Gasteiger partial charge in [-0.2, -0.15) is 0 Å². The molecule has 7 nitrogen and oxygen atoms in total. The number of nitrogens with zero attached hydrogens (tertiary/aromatic N) is 1. The lowest BCUT2D eigenvalue weighted by molar-refractivity contribution is -0.128. The number of methoxy groups -OCH3 is 1. The summed E-state index contributed by atoms with van der Waals surface area (Å²) in [6.07, 6.45) is -1.03. The Morgan fingerprint density at radius 2 is 1.76 bits per heavy atom. The molecule has 0 aromatic heterocycles. The molecule has 2 atom stereocenters. The van der Waals surface area contributed by atoms with Crippen LogP contribution in [0.3, 0.4) is 0 Å². The van der Waals surface area contributed by atoms with Crippen molar-refractivity contribution in [2.24, 2.45) is 0 Å². The quantitative estimate of drug-likeness (QED) is 0.565. The van der Waals surface area contributed by atoms with E-state index >= 15 is 0 Å². The molecule has 1 N–H and O–H groups in total. The number of rotatable bonds is 6. The first-order chi connectivity index (χ1) is 15.8. The molecule has 0 radical (unpaired) electrons. The second-order valence-corrected chi connectivity index (χ2v) is 9.87. The summed E-state index contributed by atoms with van der Waals surface area (Å²) in [5.74, 6) is 0.621. The van der Waals surface area contributed by atoms with E-state index in [1.807, 2.05) is 31.2 Å². The first-order valence-electron chi connectivity index (χ1n) is 10.3. The summed E-state index contributed by atoms with van der Waals surface area (Å²) in [7, 11) is -2.36. The molecule has 0 fully saturated rings. The zero-order valence-electron chi connectivity index (χ0n) is 18.1. The van der Waals surface area contributed by atoms with Crippen LogP contribution in [0.25, 0.3) is 0 Å². The smallest absolute Gasteiger partial charge is 0.264 e. The zero-order chi connectivity index (χ0) is 23.6. The molecule has 0 saturated heterocycles. The van der Waals surface area contributed by atoms with Crippen LogP contribution in [0.4, 0.5) is 5.69 Å². The average molecular weight is 487 g/mol. The van der Waals surface area contributed by atoms with Crippen molar-refractivity contribution in [1.29, 1.82) is 0 Å². The molecule has 1 heterocycles. The molecule has 0 unspecified atom stereocenters. The Morgan fingerprint density at radius 3 is 2.42 bits per heavy atom. The fourth-order valence-corrected chi connectivity index (χ4v) is 5.18. The number of amides is 1. The maximum atomic E-state index is 13.4. The van der Waals surface area contributed by atoms with E-state index in [1.54, 1.807) is 31.4 Å². The fraction of sp³-hybridized carbons (Fsp3) is 0.208. The van der Waals surface area contributed by atoms with E-state index in [4.69, 9.17) is 21.1 Å². The van der Waals surface area contributed by atoms with E-state index in [0.29, 0.717) is 22.2 Å². The van der Waals surface area contributed by atoms with Crippen molar-refractivity contribution in [3.8, 4) is 11.5 Å². The van der Waals surface area contributed by atoms with E-state index in [1.165, 1.54) is 28.6 Å². The third kappa shape index (κ3) is 4.77. The van der Waals surface area contributed by atoms with Crippen molar-refractivity contribution < 1.29 is 22.7 Å². The maximum Gasteiger partial charge on any atom is 0.264 e. The Hall–Kier alpha value is -3.23. The highest BCUT2D eigenvalue weighted by Crippen LogP contribution is 2.37. The molecule has 1 amide bonds. The van der Waals surface area contributed by atoms with Crippen LogP contribution < -0.4 is 19.1 Å². The number of hydrogen-bond acceptors (Lipinski definition) is 5. The van der Waals surface area contributed by atoms with Gasteiger partial charge >= 0.3 is 0 Å². The molecule has 4 rings (SSSR count). The molecule has 0 spiro atoms. The number of nitrogens with one attached hydrogen (secondary N) is 1. The molecular weight excluding hydrogens is 464 g/mol.